The molecule has 0 spiro atoms. The zero-order chi connectivity index (χ0) is 24.6. The number of carbonyl (C=O) groups excluding carboxylic acids is 3. The van der Waals surface area contributed by atoms with Crippen LogP contribution in [-0.4, -0.2) is 33.1 Å². The van der Waals surface area contributed by atoms with Gasteiger partial charge in [0.25, 0.3) is 11.1 Å². The maximum atomic E-state index is 12.9. The Morgan fingerprint density at radius 2 is 1.79 bits per heavy atom. The highest BCUT2D eigenvalue weighted by atomic mass is 35.5. The Labute approximate surface area is 215 Å². The Hall–Kier alpha value is -2.71. The third-order valence-corrected chi connectivity index (χ3v) is 7.08. The van der Waals surface area contributed by atoms with Gasteiger partial charge in [-0.25, -0.2) is 0 Å². The quantitative estimate of drug-likeness (QED) is 0.368. The van der Waals surface area contributed by atoms with Crippen LogP contribution in [0.3, 0.4) is 0 Å². The zero-order valence-corrected chi connectivity index (χ0v) is 21.1. The minimum Gasteiger partial charge on any atom is -0.324 e. The first-order chi connectivity index (χ1) is 16.1. The second-order valence-electron chi connectivity index (χ2n) is 7.59. The maximum absolute atomic E-state index is 12.9. The first-order valence-electron chi connectivity index (χ1n) is 10.1. The molecule has 1 aromatic heterocycles. The number of nitrogens with zero attached hydrogens (tertiary/aromatic N) is 2. The Balaban J connectivity index is 1.54. The number of rotatable bonds is 5. The standard InChI is InChI=1S/C24H18Cl3N3O3S/c1-13-8-15(14(2)30(13)18-6-7-19(26)20(27)11-18)9-21-23(32)29(24(33)34-21)12-22(31)28-17-5-3-4-16(25)10-17/h3-11H,12H2,1-2H3,(H,28,31)/b21-9-. The number of halogens is 3. The first kappa shape index (κ1) is 24.4. The molecule has 0 atom stereocenters. The summed E-state index contributed by atoms with van der Waals surface area (Å²) >= 11 is 18.9. The van der Waals surface area contributed by atoms with E-state index in [-0.39, 0.29) is 4.91 Å². The van der Waals surface area contributed by atoms with E-state index in [2.05, 4.69) is 5.32 Å². The first-order valence-corrected chi connectivity index (χ1v) is 12.0. The molecule has 0 radical (unpaired) electrons. The number of anilines is 1. The lowest BCUT2D eigenvalue weighted by Crippen LogP contribution is -2.36. The summed E-state index contributed by atoms with van der Waals surface area (Å²) < 4.78 is 1.98. The van der Waals surface area contributed by atoms with Crippen LogP contribution in [0.15, 0.2) is 53.4 Å². The fourth-order valence-electron chi connectivity index (χ4n) is 3.64. The smallest absolute Gasteiger partial charge is 0.294 e. The van der Waals surface area contributed by atoms with Gasteiger partial charge in [-0.2, -0.15) is 0 Å². The summed E-state index contributed by atoms with van der Waals surface area (Å²) in [4.78, 5) is 38.9. The normalized spacial score (nSPS) is 14.9. The van der Waals surface area contributed by atoms with Crippen LogP contribution in [0.2, 0.25) is 15.1 Å². The van der Waals surface area contributed by atoms with Crippen molar-refractivity contribution in [3.05, 3.63) is 85.5 Å². The lowest BCUT2D eigenvalue weighted by atomic mass is 10.2. The van der Waals surface area contributed by atoms with Crippen LogP contribution in [0.5, 0.6) is 0 Å². The summed E-state index contributed by atoms with van der Waals surface area (Å²) in [5.41, 5.74) is 3.87. The molecule has 3 amide bonds. The highest BCUT2D eigenvalue weighted by Crippen LogP contribution is 2.34. The third-order valence-electron chi connectivity index (χ3n) is 5.20. The van der Waals surface area contributed by atoms with E-state index in [0.29, 0.717) is 20.8 Å². The van der Waals surface area contributed by atoms with Crippen molar-refractivity contribution < 1.29 is 14.4 Å². The molecule has 0 unspecified atom stereocenters. The lowest BCUT2D eigenvalue weighted by molar-refractivity contribution is -0.127. The van der Waals surface area contributed by atoms with Crippen molar-refractivity contribution in [2.75, 3.05) is 11.9 Å². The van der Waals surface area contributed by atoms with Crippen molar-refractivity contribution in [2.24, 2.45) is 0 Å². The summed E-state index contributed by atoms with van der Waals surface area (Å²) in [5.74, 6) is -1.01. The van der Waals surface area contributed by atoms with E-state index in [1.54, 1.807) is 42.5 Å². The molecule has 1 fully saturated rings. The number of hydrogen-bond acceptors (Lipinski definition) is 4. The highest BCUT2D eigenvalue weighted by Gasteiger charge is 2.36. The Bertz CT molecular complexity index is 1370. The van der Waals surface area contributed by atoms with Crippen LogP contribution in [0.25, 0.3) is 11.8 Å². The fourth-order valence-corrected chi connectivity index (χ4v) is 4.95. The molecule has 1 aliphatic rings. The van der Waals surface area contributed by atoms with Crippen LogP contribution in [0.1, 0.15) is 17.0 Å². The summed E-state index contributed by atoms with van der Waals surface area (Å²) in [6, 6.07) is 13.9. The van der Waals surface area contributed by atoms with Crippen molar-refractivity contribution in [3.63, 3.8) is 0 Å². The van der Waals surface area contributed by atoms with Gasteiger partial charge < -0.3 is 9.88 Å². The monoisotopic (exact) mass is 533 g/mol. The second-order valence-corrected chi connectivity index (χ2v) is 9.83. The molecule has 34 heavy (non-hydrogen) atoms. The molecule has 0 aliphatic carbocycles. The summed E-state index contributed by atoms with van der Waals surface area (Å²) in [6.07, 6.45) is 1.66. The molecular weight excluding hydrogens is 517 g/mol. The molecule has 1 N–H and O–H groups in total. The molecule has 1 aliphatic heterocycles. The van der Waals surface area contributed by atoms with Gasteiger partial charge in [-0.1, -0.05) is 40.9 Å². The van der Waals surface area contributed by atoms with E-state index < -0.39 is 23.6 Å². The van der Waals surface area contributed by atoms with Crippen LogP contribution < -0.4 is 5.32 Å². The van der Waals surface area contributed by atoms with E-state index in [9.17, 15) is 14.4 Å². The molecule has 1 saturated heterocycles. The zero-order valence-electron chi connectivity index (χ0n) is 18.1. The Morgan fingerprint density at radius 1 is 1.03 bits per heavy atom. The Morgan fingerprint density at radius 3 is 2.50 bits per heavy atom. The minimum atomic E-state index is -0.518. The summed E-state index contributed by atoms with van der Waals surface area (Å²) in [7, 11) is 0. The van der Waals surface area contributed by atoms with E-state index >= 15 is 0 Å². The van der Waals surface area contributed by atoms with Gasteiger partial charge in [0.1, 0.15) is 6.54 Å². The van der Waals surface area contributed by atoms with Gasteiger partial charge in [-0.15, -0.1) is 0 Å². The average molecular weight is 535 g/mol. The van der Waals surface area contributed by atoms with Gasteiger partial charge >= 0.3 is 0 Å². The Kier molecular flexibility index (Phi) is 7.09. The lowest BCUT2D eigenvalue weighted by Gasteiger charge is -2.12. The van der Waals surface area contributed by atoms with Crippen LogP contribution >= 0.6 is 46.6 Å². The molecule has 3 aromatic rings. The molecule has 2 aromatic carbocycles. The number of aromatic nitrogens is 1. The van der Waals surface area contributed by atoms with Crippen molar-refractivity contribution in [1.82, 2.24) is 9.47 Å². The van der Waals surface area contributed by atoms with Crippen LogP contribution in [0.4, 0.5) is 10.5 Å². The molecule has 6 nitrogen and oxygen atoms in total. The summed E-state index contributed by atoms with van der Waals surface area (Å²) in [5, 5.41) is 3.49. The van der Waals surface area contributed by atoms with E-state index in [1.807, 2.05) is 30.5 Å². The average Bonchev–Trinajstić information content (AvgIpc) is 3.19. The third kappa shape index (κ3) is 5.03. The number of hydrogen-bond donors (Lipinski definition) is 1. The van der Waals surface area contributed by atoms with E-state index in [4.69, 9.17) is 34.8 Å². The molecule has 0 saturated carbocycles. The molecule has 4 rings (SSSR count). The van der Waals surface area contributed by atoms with Crippen LogP contribution in [-0.2, 0) is 9.59 Å². The predicted molar refractivity (Wildman–Crippen MR) is 138 cm³/mol. The van der Waals surface area contributed by atoms with Gasteiger partial charge in [-0.05, 0) is 79.7 Å². The highest BCUT2D eigenvalue weighted by molar-refractivity contribution is 8.18. The minimum absolute atomic E-state index is 0.245. The molecular formula is C24H18Cl3N3O3S. The molecule has 2 heterocycles. The predicted octanol–water partition coefficient (Wildman–Crippen LogP) is 6.73. The number of benzene rings is 2. The number of imide groups is 1. The number of thioether (sulfide) groups is 1. The SMILES string of the molecule is Cc1cc(/C=C2\SC(=O)N(CC(=O)Nc3cccc(Cl)c3)C2=O)c(C)n1-c1ccc(Cl)c(Cl)c1. The van der Waals surface area contributed by atoms with Crippen molar-refractivity contribution in [1.29, 1.82) is 0 Å². The molecule has 174 valence electrons. The number of nitrogens with one attached hydrogen (secondary N) is 1. The van der Waals surface area contributed by atoms with Gasteiger partial charge in [0, 0.05) is 27.8 Å². The van der Waals surface area contributed by atoms with E-state index in [0.717, 1.165) is 39.3 Å². The van der Waals surface area contributed by atoms with Crippen molar-refractivity contribution >= 4 is 75.4 Å². The fraction of sp³-hybridized carbons (Fsp3) is 0.125. The number of aryl methyl sites for hydroxylation is 1. The van der Waals surface area contributed by atoms with Gasteiger partial charge in [0.15, 0.2) is 0 Å². The largest absolute Gasteiger partial charge is 0.324 e. The van der Waals surface area contributed by atoms with E-state index in [1.165, 1.54) is 0 Å². The van der Waals surface area contributed by atoms with Gasteiger partial charge in [0.05, 0.1) is 15.0 Å². The van der Waals surface area contributed by atoms with Crippen LogP contribution in [0, 0.1) is 13.8 Å². The van der Waals surface area contributed by atoms with Gasteiger partial charge in [0.2, 0.25) is 5.91 Å². The van der Waals surface area contributed by atoms with Gasteiger partial charge in [-0.3, -0.25) is 19.3 Å². The maximum Gasteiger partial charge on any atom is 0.294 e. The van der Waals surface area contributed by atoms with Crippen molar-refractivity contribution in [3.8, 4) is 5.69 Å². The molecule has 0 bridgehead atoms. The number of amides is 3. The topological polar surface area (TPSA) is 71.4 Å². The summed E-state index contributed by atoms with van der Waals surface area (Å²) in [6.45, 7) is 3.44. The molecule has 10 heteroatoms. The number of carbonyl (C=O) groups is 3. The van der Waals surface area contributed by atoms with Crippen molar-refractivity contribution in [2.45, 2.75) is 13.8 Å². The second kappa shape index (κ2) is 9.88.